The molecule has 9 heteroatoms. The SMILES string of the molecule is O=C(O)c1c(I)cc(OC(F)(F)F)nc1CF. The highest BCUT2D eigenvalue weighted by molar-refractivity contribution is 14.1. The number of aromatic carboxylic acids is 1. The molecule has 0 fully saturated rings. The maximum atomic E-state index is 12.5. The summed E-state index contributed by atoms with van der Waals surface area (Å²) in [5, 5.41) is 8.73. The predicted octanol–water partition coefficient (Wildman–Crippen LogP) is 2.75. The zero-order chi connectivity index (χ0) is 13.2. The van der Waals surface area contributed by atoms with Crippen LogP contribution in [0, 0.1) is 3.57 Å². The van der Waals surface area contributed by atoms with Crippen molar-refractivity contribution in [3.8, 4) is 5.88 Å². The Labute approximate surface area is 106 Å². The van der Waals surface area contributed by atoms with Crippen molar-refractivity contribution in [1.29, 1.82) is 0 Å². The fraction of sp³-hybridized carbons (Fsp3) is 0.250. The quantitative estimate of drug-likeness (QED) is 0.661. The van der Waals surface area contributed by atoms with Crippen LogP contribution in [0.1, 0.15) is 16.1 Å². The van der Waals surface area contributed by atoms with Gasteiger partial charge in [-0.25, -0.2) is 14.2 Å². The molecule has 0 saturated heterocycles. The van der Waals surface area contributed by atoms with Gasteiger partial charge < -0.3 is 9.84 Å². The summed E-state index contributed by atoms with van der Waals surface area (Å²) < 4.78 is 51.6. The average molecular weight is 365 g/mol. The summed E-state index contributed by atoms with van der Waals surface area (Å²) in [6.07, 6.45) is -4.96. The van der Waals surface area contributed by atoms with E-state index in [2.05, 4.69) is 9.72 Å². The maximum Gasteiger partial charge on any atom is 0.574 e. The second-order valence-electron chi connectivity index (χ2n) is 2.75. The van der Waals surface area contributed by atoms with Gasteiger partial charge in [-0.3, -0.25) is 0 Å². The normalized spacial score (nSPS) is 11.4. The van der Waals surface area contributed by atoms with E-state index in [4.69, 9.17) is 5.11 Å². The van der Waals surface area contributed by atoms with Crippen LogP contribution in [0.5, 0.6) is 5.88 Å². The van der Waals surface area contributed by atoms with Crippen LogP contribution >= 0.6 is 22.6 Å². The van der Waals surface area contributed by atoms with Gasteiger partial charge in [-0.2, -0.15) is 0 Å². The Bertz CT molecular complexity index is 449. The first kappa shape index (κ1) is 13.9. The molecule has 4 nitrogen and oxygen atoms in total. The number of carboxylic acids is 1. The van der Waals surface area contributed by atoms with E-state index < -0.39 is 36.1 Å². The Morgan fingerprint density at radius 3 is 2.53 bits per heavy atom. The third-order valence-corrected chi connectivity index (χ3v) is 2.43. The van der Waals surface area contributed by atoms with Crippen molar-refractivity contribution in [2.45, 2.75) is 13.0 Å². The van der Waals surface area contributed by atoms with Crippen molar-refractivity contribution >= 4 is 28.6 Å². The molecule has 1 aromatic heterocycles. The van der Waals surface area contributed by atoms with E-state index in [9.17, 15) is 22.4 Å². The Kier molecular flexibility index (Phi) is 4.11. The number of rotatable bonds is 3. The highest BCUT2D eigenvalue weighted by atomic mass is 127. The van der Waals surface area contributed by atoms with Crippen molar-refractivity contribution in [2.24, 2.45) is 0 Å². The van der Waals surface area contributed by atoms with Gasteiger partial charge in [0.05, 0.1) is 11.3 Å². The Morgan fingerprint density at radius 2 is 2.12 bits per heavy atom. The van der Waals surface area contributed by atoms with Gasteiger partial charge >= 0.3 is 12.3 Å². The Hall–Kier alpha value is -1.13. The summed E-state index contributed by atoms with van der Waals surface area (Å²) in [6, 6.07) is 0.774. The number of carbonyl (C=O) groups is 1. The zero-order valence-electron chi connectivity index (χ0n) is 7.89. The van der Waals surface area contributed by atoms with E-state index in [1.54, 1.807) is 0 Å². The summed E-state index contributed by atoms with van der Waals surface area (Å²) in [5.41, 5.74) is -1.08. The van der Waals surface area contributed by atoms with Crippen molar-refractivity contribution in [3.63, 3.8) is 0 Å². The van der Waals surface area contributed by atoms with Crippen LogP contribution in [0.15, 0.2) is 6.07 Å². The molecule has 0 bridgehead atoms. The molecule has 1 aromatic rings. The van der Waals surface area contributed by atoms with Crippen LogP contribution in [0.25, 0.3) is 0 Å². The minimum atomic E-state index is -4.96. The molecule has 1 rings (SSSR count). The lowest BCUT2D eigenvalue weighted by Crippen LogP contribution is -2.19. The van der Waals surface area contributed by atoms with Gasteiger partial charge in [0.15, 0.2) is 0 Å². The number of carboxylic acid groups (broad SMARTS) is 1. The number of ether oxygens (including phenoxy) is 1. The first-order chi connectivity index (χ1) is 7.74. The second-order valence-corrected chi connectivity index (χ2v) is 3.91. The number of aromatic nitrogens is 1. The molecule has 0 radical (unpaired) electrons. The number of alkyl halides is 4. The van der Waals surface area contributed by atoms with Crippen LogP contribution in [-0.2, 0) is 6.67 Å². The molecule has 0 aromatic carbocycles. The smallest absolute Gasteiger partial charge is 0.478 e. The lowest BCUT2D eigenvalue weighted by atomic mass is 10.2. The lowest BCUT2D eigenvalue weighted by molar-refractivity contribution is -0.276. The van der Waals surface area contributed by atoms with Crippen LogP contribution in [-0.4, -0.2) is 22.4 Å². The maximum absolute atomic E-state index is 12.5. The molecule has 0 spiro atoms. The van der Waals surface area contributed by atoms with Gasteiger partial charge in [0.2, 0.25) is 5.88 Å². The van der Waals surface area contributed by atoms with Gasteiger partial charge in [-0.15, -0.1) is 13.2 Å². The molecule has 17 heavy (non-hydrogen) atoms. The molecule has 94 valence electrons. The number of halogens is 5. The van der Waals surface area contributed by atoms with Crippen LogP contribution < -0.4 is 4.74 Å². The first-order valence-corrected chi connectivity index (χ1v) is 5.07. The van der Waals surface area contributed by atoms with Gasteiger partial charge in [-0.1, -0.05) is 0 Å². The average Bonchev–Trinajstić information content (AvgIpc) is 2.12. The fourth-order valence-corrected chi connectivity index (χ4v) is 1.84. The molecule has 0 saturated carbocycles. The van der Waals surface area contributed by atoms with Crippen molar-refractivity contribution in [3.05, 3.63) is 20.9 Å². The third-order valence-electron chi connectivity index (χ3n) is 1.58. The second kappa shape index (κ2) is 5.02. The summed E-state index contributed by atoms with van der Waals surface area (Å²) in [5.74, 6) is -2.35. The first-order valence-electron chi connectivity index (χ1n) is 3.99. The Morgan fingerprint density at radius 1 is 1.53 bits per heavy atom. The molecule has 0 aliphatic heterocycles. The summed E-state index contributed by atoms with van der Waals surface area (Å²) in [7, 11) is 0. The topological polar surface area (TPSA) is 59.4 Å². The highest BCUT2D eigenvalue weighted by Crippen LogP contribution is 2.26. The number of pyridine rings is 1. The van der Waals surface area contributed by atoms with Crippen molar-refractivity contribution in [2.75, 3.05) is 0 Å². The number of nitrogens with zero attached hydrogens (tertiary/aromatic N) is 1. The minimum absolute atomic E-state index is 0.0861. The van der Waals surface area contributed by atoms with Crippen LogP contribution in [0.4, 0.5) is 17.6 Å². The summed E-state index contributed by atoms with van der Waals surface area (Å²) in [4.78, 5) is 13.9. The standard InChI is InChI=1S/C8H4F4INO3/c9-2-4-6(7(15)16)3(13)1-5(14-4)17-8(10,11)12/h1H,2H2,(H,15,16). The fourth-order valence-electron chi connectivity index (χ4n) is 1.03. The van der Waals surface area contributed by atoms with E-state index in [1.165, 1.54) is 22.6 Å². The minimum Gasteiger partial charge on any atom is -0.478 e. The van der Waals surface area contributed by atoms with Crippen LogP contribution in [0.2, 0.25) is 0 Å². The van der Waals surface area contributed by atoms with Crippen molar-refractivity contribution < 1.29 is 32.2 Å². The van der Waals surface area contributed by atoms with E-state index in [-0.39, 0.29) is 3.57 Å². The molecule has 0 amide bonds. The molecule has 0 aliphatic carbocycles. The van der Waals surface area contributed by atoms with E-state index in [0.29, 0.717) is 0 Å². The zero-order valence-corrected chi connectivity index (χ0v) is 10.0. The lowest BCUT2D eigenvalue weighted by Gasteiger charge is -2.11. The highest BCUT2D eigenvalue weighted by Gasteiger charge is 2.32. The van der Waals surface area contributed by atoms with Gasteiger partial charge in [0.25, 0.3) is 0 Å². The largest absolute Gasteiger partial charge is 0.574 e. The monoisotopic (exact) mass is 365 g/mol. The molecule has 1 N–H and O–H groups in total. The van der Waals surface area contributed by atoms with Gasteiger partial charge in [0.1, 0.15) is 6.67 Å². The van der Waals surface area contributed by atoms with E-state index in [0.717, 1.165) is 6.07 Å². The van der Waals surface area contributed by atoms with Crippen LogP contribution in [0.3, 0.4) is 0 Å². The third kappa shape index (κ3) is 3.68. The van der Waals surface area contributed by atoms with Crippen molar-refractivity contribution in [1.82, 2.24) is 4.98 Å². The Balaban J connectivity index is 3.23. The molecule has 0 aliphatic rings. The van der Waals surface area contributed by atoms with E-state index >= 15 is 0 Å². The molecule has 0 atom stereocenters. The number of hydrogen-bond donors (Lipinski definition) is 1. The number of hydrogen-bond acceptors (Lipinski definition) is 3. The molecule has 1 heterocycles. The summed E-state index contributed by atoms with van der Waals surface area (Å²) in [6.45, 7) is -1.30. The van der Waals surface area contributed by atoms with Gasteiger partial charge in [0, 0.05) is 9.64 Å². The predicted molar refractivity (Wildman–Crippen MR) is 55.4 cm³/mol. The summed E-state index contributed by atoms with van der Waals surface area (Å²) >= 11 is 1.47. The molecule has 0 unspecified atom stereocenters. The molecular weight excluding hydrogens is 361 g/mol. The molecular formula is C8H4F4INO3. The van der Waals surface area contributed by atoms with E-state index in [1.807, 2.05) is 0 Å². The van der Waals surface area contributed by atoms with Gasteiger partial charge in [-0.05, 0) is 22.6 Å².